The minimum Gasteiger partial charge on any atom is -0.493 e. The van der Waals surface area contributed by atoms with Gasteiger partial charge in [-0.3, -0.25) is 20.2 Å². The molecule has 2 aromatic carbocycles. The van der Waals surface area contributed by atoms with Crippen LogP contribution in [0.15, 0.2) is 53.9 Å². The van der Waals surface area contributed by atoms with Gasteiger partial charge in [-0.25, -0.2) is 4.98 Å². The molecule has 10 heteroatoms. The molecule has 0 atom stereocenters. The van der Waals surface area contributed by atoms with E-state index in [4.69, 9.17) is 17.0 Å². The van der Waals surface area contributed by atoms with E-state index in [0.29, 0.717) is 40.2 Å². The molecule has 2 N–H and O–H groups in total. The average molecular weight is 457 g/mol. The first-order valence-corrected chi connectivity index (χ1v) is 10.7. The Morgan fingerprint density at radius 3 is 2.77 bits per heavy atom. The number of anilines is 1. The summed E-state index contributed by atoms with van der Waals surface area (Å²) in [5.41, 5.74) is 1.59. The molecule has 0 saturated heterocycles. The normalized spacial score (nSPS) is 10.5. The van der Waals surface area contributed by atoms with Crippen molar-refractivity contribution in [3.05, 3.63) is 69.6 Å². The van der Waals surface area contributed by atoms with Gasteiger partial charge >= 0.3 is 0 Å². The van der Waals surface area contributed by atoms with Crippen molar-refractivity contribution in [3.8, 4) is 17.0 Å². The molecule has 1 amide bonds. The third-order valence-electron chi connectivity index (χ3n) is 3.98. The number of aromatic nitrogens is 1. The second-order valence-electron chi connectivity index (χ2n) is 6.99. The number of thiocarbonyl (C=S) groups is 1. The summed E-state index contributed by atoms with van der Waals surface area (Å²) >= 11 is 6.49. The number of non-ortho nitro benzene ring substituents is 1. The molecule has 0 bridgehead atoms. The summed E-state index contributed by atoms with van der Waals surface area (Å²) in [6, 6.07) is 13.1. The van der Waals surface area contributed by atoms with E-state index in [1.165, 1.54) is 23.5 Å². The van der Waals surface area contributed by atoms with E-state index in [-0.39, 0.29) is 16.7 Å². The molecule has 0 aliphatic heterocycles. The molecule has 160 valence electrons. The topological polar surface area (TPSA) is 106 Å². The molecule has 8 nitrogen and oxygen atoms in total. The van der Waals surface area contributed by atoms with Crippen molar-refractivity contribution in [1.29, 1.82) is 0 Å². The third kappa shape index (κ3) is 6.30. The second kappa shape index (κ2) is 10.1. The van der Waals surface area contributed by atoms with E-state index < -0.39 is 4.92 Å². The Morgan fingerprint density at radius 1 is 1.26 bits per heavy atom. The molecule has 0 aliphatic rings. The fourth-order valence-electron chi connectivity index (χ4n) is 2.54. The van der Waals surface area contributed by atoms with E-state index >= 15 is 0 Å². The van der Waals surface area contributed by atoms with Gasteiger partial charge in [0.05, 0.1) is 17.2 Å². The molecule has 1 aromatic heterocycles. The van der Waals surface area contributed by atoms with Gasteiger partial charge in [-0.1, -0.05) is 32.0 Å². The van der Waals surface area contributed by atoms with Gasteiger partial charge in [0.1, 0.15) is 5.75 Å². The van der Waals surface area contributed by atoms with Crippen molar-refractivity contribution in [1.82, 2.24) is 10.3 Å². The van der Waals surface area contributed by atoms with Crippen LogP contribution >= 0.6 is 23.6 Å². The lowest BCUT2D eigenvalue weighted by Gasteiger charge is -2.11. The molecule has 3 aromatic rings. The van der Waals surface area contributed by atoms with Crippen LogP contribution in [-0.4, -0.2) is 27.5 Å². The SMILES string of the molecule is CC(C)COc1cccc(C(=O)NC(=S)Nc2nc(-c3cccc([N+](=O)[O-])c3)cs2)c1. The van der Waals surface area contributed by atoms with Crippen LogP contribution < -0.4 is 15.4 Å². The number of nitro benzene ring substituents is 1. The van der Waals surface area contributed by atoms with Gasteiger partial charge in [0.2, 0.25) is 0 Å². The van der Waals surface area contributed by atoms with Crippen molar-refractivity contribution < 1.29 is 14.5 Å². The average Bonchev–Trinajstić information content (AvgIpc) is 3.20. The molecule has 0 spiro atoms. The zero-order valence-corrected chi connectivity index (χ0v) is 18.5. The summed E-state index contributed by atoms with van der Waals surface area (Å²) in [5, 5.41) is 18.7. The first-order valence-electron chi connectivity index (χ1n) is 9.37. The zero-order valence-electron chi connectivity index (χ0n) is 16.8. The Hall–Kier alpha value is -3.37. The second-order valence-corrected chi connectivity index (χ2v) is 8.25. The Kier molecular flexibility index (Phi) is 7.27. The van der Waals surface area contributed by atoms with Crippen LogP contribution in [0.5, 0.6) is 5.75 Å². The van der Waals surface area contributed by atoms with Crippen LogP contribution in [0.4, 0.5) is 10.8 Å². The highest BCUT2D eigenvalue weighted by Gasteiger charge is 2.13. The van der Waals surface area contributed by atoms with Crippen molar-refractivity contribution in [2.75, 3.05) is 11.9 Å². The molecule has 0 saturated carbocycles. The van der Waals surface area contributed by atoms with E-state index in [1.807, 2.05) is 13.8 Å². The number of benzene rings is 2. The molecule has 0 unspecified atom stereocenters. The lowest BCUT2D eigenvalue weighted by atomic mass is 10.1. The minimum absolute atomic E-state index is 0.0117. The number of nitro groups is 1. The molecule has 31 heavy (non-hydrogen) atoms. The van der Waals surface area contributed by atoms with Gasteiger partial charge in [0.25, 0.3) is 11.6 Å². The van der Waals surface area contributed by atoms with Crippen LogP contribution in [0.2, 0.25) is 0 Å². The quantitative estimate of drug-likeness (QED) is 0.296. The van der Waals surface area contributed by atoms with Crippen LogP contribution in [0.1, 0.15) is 24.2 Å². The van der Waals surface area contributed by atoms with Gasteiger partial charge < -0.3 is 10.1 Å². The van der Waals surface area contributed by atoms with Crippen molar-refractivity contribution in [2.45, 2.75) is 13.8 Å². The molecule has 0 aliphatic carbocycles. The molecule has 0 radical (unpaired) electrons. The number of ether oxygens (including phenoxy) is 1. The van der Waals surface area contributed by atoms with Crippen molar-refractivity contribution in [3.63, 3.8) is 0 Å². The molecular formula is C21H20N4O4S2. The summed E-state index contributed by atoms with van der Waals surface area (Å²) in [6.45, 7) is 4.65. The maximum atomic E-state index is 12.5. The highest BCUT2D eigenvalue weighted by atomic mass is 32.1. The first-order chi connectivity index (χ1) is 14.8. The van der Waals surface area contributed by atoms with Gasteiger partial charge in [-0.05, 0) is 36.3 Å². The Bertz CT molecular complexity index is 1110. The summed E-state index contributed by atoms with van der Waals surface area (Å²) < 4.78 is 5.65. The summed E-state index contributed by atoms with van der Waals surface area (Å²) in [6.07, 6.45) is 0. The highest BCUT2D eigenvalue weighted by molar-refractivity contribution is 7.80. The predicted octanol–water partition coefficient (Wildman–Crippen LogP) is 4.88. The molecule has 0 fully saturated rings. The summed E-state index contributed by atoms with van der Waals surface area (Å²) in [5.74, 6) is 0.615. The molecular weight excluding hydrogens is 436 g/mol. The Balaban J connectivity index is 1.61. The number of thiazole rings is 1. The molecule has 3 rings (SSSR count). The zero-order chi connectivity index (χ0) is 22.4. The van der Waals surface area contributed by atoms with Crippen LogP contribution in [0.3, 0.4) is 0 Å². The number of carbonyl (C=O) groups excluding carboxylic acids is 1. The number of hydrogen-bond donors (Lipinski definition) is 2. The lowest BCUT2D eigenvalue weighted by Crippen LogP contribution is -2.34. The largest absolute Gasteiger partial charge is 0.493 e. The van der Waals surface area contributed by atoms with E-state index in [0.717, 1.165) is 0 Å². The standard InChI is InChI=1S/C21H20N4O4S2/c1-13(2)11-29-17-8-4-6-15(10-17)19(26)23-20(30)24-21-22-18(12-31-21)14-5-3-7-16(9-14)25(27)28/h3-10,12-13H,11H2,1-2H3,(H2,22,23,24,26,30). The van der Waals surface area contributed by atoms with Crippen molar-refractivity contribution >= 4 is 45.4 Å². The summed E-state index contributed by atoms with van der Waals surface area (Å²) in [7, 11) is 0. The van der Waals surface area contributed by atoms with Crippen LogP contribution in [0, 0.1) is 16.0 Å². The fraction of sp³-hybridized carbons (Fsp3) is 0.190. The monoisotopic (exact) mass is 456 g/mol. The van der Waals surface area contributed by atoms with Crippen LogP contribution in [0.25, 0.3) is 11.3 Å². The van der Waals surface area contributed by atoms with E-state index in [2.05, 4.69) is 15.6 Å². The maximum absolute atomic E-state index is 12.5. The smallest absolute Gasteiger partial charge is 0.270 e. The predicted molar refractivity (Wildman–Crippen MR) is 125 cm³/mol. The number of nitrogens with zero attached hydrogens (tertiary/aromatic N) is 2. The number of nitrogens with one attached hydrogen (secondary N) is 2. The van der Waals surface area contributed by atoms with Gasteiger partial charge in [0, 0.05) is 28.6 Å². The lowest BCUT2D eigenvalue weighted by molar-refractivity contribution is -0.384. The fourth-order valence-corrected chi connectivity index (χ4v) is 3.51. The number of rotatable bonds is 7. The first kappa shape index (κ1) is 22.3. The number of amides is 1. The third-order valence-corrected chi connectivity index (χ3v) is 4.95. The van der Waals surface area contributed by atoms with E-state index in [9.17, 15) is 14.9 Å². The summed E-state index contributed by atoms with van der Waals surface area (Å²) in [4.78, 5) is 27.4. The molecule has 1 heterocycles. The minimum atomic E-state index is -0.456. The maximum Gasteiger partial charge on any atom is 0.270 e. The van der Waals surface area contributed by atoms with E-state index in [1.54, 1.807) is 41.8 Å². The number of carbonyl (C=O) groups is 1. The van der Waals surface area contributed by atoms with Crippen molar-refractivity contribution in [2.24, 2.45) is 5.92 Å². The van der Waals surface area contributed by atoms with Gasteiger partial charge in [-0.2, -0.15) is 0 Å². The Labute approximate surface area is 188 Å². The highest BCUT2D eigenvalue weighted by Crippen LogP contribution is 2.27. The Morgan fingerprint density at radius 2 is 2.03 bits per heavy atom. The number of hydrogen-bond acceptors (Lipinski definition) is 7. The van der Waals surface area contributed by atoms with Gasteiger partial charge in [-0.15, -0.1) is 11.3 Å². The van der Waals surface area contributed by atoms with Crippen LogP contribution in [-0.2, 0) is 0 Å². The van der Waals surface area contributed by atoms with Gasteiger partial charge in [0.15, 0.2) is 10.2 Å².